The number of hydrogen-bond acceptors (Lipinski definition) is 4. The maximum absolute atomic E-state index is 12.6. The number of nitrogens with one attached hydrogen (secondary N) is 1. The fourth-order valence-electron chi connectivity index (χ4n) is 2.54. The SMILES string of the molecule is COC(=O)c1cc(NC(=O)c2cccc(OCc3ccccc3)c2)ccc1Cl. The van der Waals surface area contributed by atoms with Crippen LogP contribution in [0.2, 0.25) is 5.02 Å². The topological polar surface area (TPSA) is 64.6 Å². The van der Waals surface area contributed by atoms with Crippen molar-refractivity contribution in [3.05, 3.63) is 94.5 Å². The number of benzene rings is 3. The molecule has 6 heteroatoms. The lowest BCUT2D eigenvalue weighted by atomic mass is 10.1. The molecule has 1 amide bonds. The number of hydrogen-bond donors (Lipinski definition) is 1. The minimum atomic E-state index is -0.572. The second-order valence-corrected chi connectivity index (χ2v) is 6.35. The van der Waals surface area contributed by atoms with E-state index in [0.717, 1.165) is 5.56 Å². The Labute approximate surface area is 167 Å². The van der Waals surface area contributed by atoms with Crippen LogP contribution in [0.3, 0.4) is 0 Å². The first-order valence-electron chi connectivity index (χ1n) is 8.53. The van der Waals surface area contributed by atoms with Crippen LogP contribution in [0, 0.1) is 0 Å². The Morgan fingerprint density at radius 2 is 1.75 bits per heavy atom. The van der Waals surface area contributed by atoms with E-state index in [1.807, 2.05) is 30.3 Å². The van der Waals surface area contributed by atoms with Crippen molar-refractivity contribution in [3.8, 4) is 5.75 Å². The third-order valence-corrected chi connectivity index (χ3v) is 4.30. The Bertz CT molecular complexity index is 989. The summed E-state index contributed by atoms with van der Waals surface area (Å²) in [5.41, 5.74) is 2.08. The van der Waals surface area contributed by atoms with Gasteiger partial charge < -0.3 is 14.8 Å². The lowest BCUT2D eigenvalue weighted by Crippen LogP contribution is -2.13. The molecule has 0 heterocycles. The van der Waals surface area contributed by atoms with Crippen molar-refractivity contribution >= 4 is 29.2 Å². The summed E-state index contributed by atoms with van der Waals surface area (Å²) in [4.78, 5) is 24.3. The molecular weight excluding hydrogens is 378 g/mol. The van der Waals surface area contributed by atoms with Crippen molar-refractivity contribution in [2.75, 3.05) is 12.4 Å². The molecule has 0 saturated heterocycles. The predicted octanol–water partition coefficient (Wildman–Crippen LogP) is 4.96. The highest BCUT2D eigenvalue weighted by atomic mass is 35.5. The van der Waals surface area contributed by atoms with Gasteiger partial charge in [0.05, 0.1) is 17.7 Å². The van der Waals surface area contributed by atoms with Gasteiger partial charge in [0.25, 0.3) is 5.91 Å². The zero-order valence-corrected chi connectivity index (χ0v) is 15.9. The molecule has 3 rings (SSSR count). The fraction of sp³-hybridized carbons (Fsp3) is 0.0909. The van der Waals surface area contributed by atoms with E-state index in [1.165, 1.54) is 19.2 Å². The lowest BCUT2D eigenvalue weighted by Gasteiger charge is -2.10. The van der Waals surface area contributed by atoms with Crippen molar-refractivity contribution in [1.29, 1.82) is 0 Å². The number of carbonyl (C=O) groups is 2. The molecule has 0 saturated carbocycles. The Morgan fingerprint density at radius 3 is 2.50 bits per heavy atom. The van der Waals surface area contributed by atoms with E-state index < -0.39 is 5.97 Å². The molecule has 142 valence electrons. The highest BCUT2D eigenvalue weighted by Gasteiger charge is 2.13. The molecule has 1 N–H and O–H groups in total. The summed E-state index contributed by atoms with van der Waals surface area (Å²) in [5, 5.41) is 3.00. The van der Waals surface area contributed by atoms with E-state index in [0.29, 0.717) is 23.6 Å². The monoisotopic (exact) mass is 395 g/mol. The molecule has 0 aliphatic rings. The van der Waals surface area contributed by atoms with Crippen LogP contribution in [0.15, 0.2) is 72.8 Å². The van der Waals surface area contributed by atoms with Crippen molar-refractivity contribution in [1.82, 2.24) is 0 Å². The van der Waals surface area contributed by atoms with Crippen LogP contribution in [-0.2, 0) is 11.3 Å². The highest BCUT2D eigenvalue weighted by Crippen LogP contribution is 2.22. The molecule has 0 atom stereocenters. The fourth-order valence-corrected chi connectivity index (χ4v) is 2.74. The van der Waals surface area contributed by atoms with Crippen LogP contribution in [-0.4, -0.2) is 19.0 Å². The normalized spacial score (nSPS) is 10.2. The number of carbonyl (C=O) groups excluding carboxylic acids is 2. The maximum Gasteiger partial charge on any atom is 0.339 e. The van der Waals surface area contributed by atoms with Gasteiger partial charge in [0.1, 0.15) is 12.4 Å². The van der Waals surface area contributed by atoms with Gasteiger partial charge in [-0.1, -0.05) is 48.0 Å². The number of esters is 1. The van der Waals surface area contributed by atoms with E-state index in [2.05, 4.69) is 10.1 Å². The average Bonchev–Trinajstić information content (AvgIpc) is 2.74. The van der Waals surface area contributed by atoms with Crippen molar-refractivity contribution in [3.63, 3.8) is 0 Å². The number of amides is 1. The zero-order chi connectivity index (χ0) is 19.9. The summed E-state index contributed by atoms with van der Waals surface area (Å²) in [5.74, 6) is -0.316. The lowest BCUT2D eigenvalue weighted by molar-refractivity contribution is 0.0600. The van der Waals surface area contributed by atoms with Gasteiger partial charge in [0.2, 0.25) is 0 Å². The largest absolute Gasteiger partial charge is 0.489 e. The van der Waals surface area contributed by atoms with Crippen LogP contribution in [0.4, 0.5) is 5.69 Å². The van der Waals surface area contributed by atoms with Crippen LogP contribution in [0.1, 0.15) is 26.3 Å². The van der Waals surface area contributed by atoms with E-state index in [9.17, 15) is 9.59 Å². The minimum absolute atomic E-state index is 0.182. The molecule has 5 nitrogen and oxygen atoms in total. The van der Waals surface area contributed by atoms with Gasteiger partial charge in [-0.15, -0.1) is 0 Å². The first-order chi connectivity index (χ1) is 13.6. The van der Waals surface area contributed by atoms with Gasteiger partial charge in [-0.2, -0.15) is 0 Å². The van der Waals surface area contributed by atoms with Crippen molar-refractivity contribution < 1.29 is 19.1 Å². The summed E-state index contributed by atoms with van der Waals surface area (Å²) >= 11 is 6.00. The van der Waals surface area contributed by atoms with E-state index in [4.69, 9.17) is 16.3 Å². The van der Waals surface area contributed by atoms with Crippen LogP contribution < -0.4 is 10.1 Å². The van der Waals surface area contributed by atoms with Gasteiger partial charge in [-0.25, -0.2) is 4.79 Å². The van der Waals surface area contributed by atoms with Gasteiger partial charge in [-0.3, -0.25) is 4.79 Å². The molecule has 3 aromatic rings. The van der Waals surface area contributed by atoms with E-state index >= 15 is 0 Å². The van der Waals surface area contributed by atoms with Crippen LogP contribution >= 0.6 is 11.6 Å². The Morgan fingerprint density at radius 1 is 0.964 bits per heavy atom. The second-order valence-electron chi connectivity index (χ2n) is 5.94. The summed E-state index contributed by atoms with van der Waals surface area (Å²) in [7, 11) is 1.27. The number of halogens is 1. The first-order valence-corrected chi connectivity index (χ1v) is 8.90. The number of methoxy groups -OCH3 is 1. The molecule has 0 bridgehead atoms. The Balaban J connectivity index is 1.70. The van der Waals surface area contributed by atoms with Gasteiger partial charge in [0.15, 0.2) is 0 Å². The number of anilines is 1. The summed E-state index contributed by atoms with van der Waals surface area (Å²) < 4.78 is 10.4. The number of ether oxygens (including phenoxy) is 2. The zero-order valence-electron chi connectivity index (χ0n) is 15.1. The summed E-state index contributed by atoms with van der Waals surface area (Å²) in [6.07, 6.45) is 0. The molecule has 28 heavy (non-hydrogen) atoms. The third-order valence-electron chi connectivity index (χ3n) is 3.97. The minimum Gasteiger partial charge on any atom is -0.489 e. The molecule has 0 aliphatic carbocycles. The Hall–Kier alpha value is -3.31. The van der Waals surface area contributed by atoms with Crippen molar-refractivity contribution in [2.45, 2.75) is 6.61 Å². The summed E-state index contributed by atoms with van der Waals surface area (Å²) in [6.45, 7) is 0.408. The van der Waals surface area contributed by atoms with Gasteiger partial charge in [-0.05, 0) is 42.0 Å². The van der Waals surface area contributed by atoms with E-state index in [1.54, 1.807) is 30.3 Å². The molecule has 3 aromatic carbocycles. The van der Waals surface area contributed by atoms with Crippen LogP contribution in [0.25, 0.3) is 0 Å². The maximum atomic E-state index is 12.6. The van der Waals surface area contributed by atoms with Gasteiger partial charge in [0, 0.05) is 11.3 Å². The first kappa shape index (κ1) is 19.5. The Kier molecular flexibility index (Phi) is 6.29. The van der Waals surface area contributed by atoms with E-state index in [-0.39, 0.29) is 16.5 Å². The molecule has 0 unspecified atom stereocenters. The van der Waals surface area contributed by atoms with Crippen LogP contribution in [0.5, 0.6) is 5.75 Å². The second kappa shape index (κ2) is 9.06. The molecular formula is C22H18ClNO4. The quantitative estimate of drug-likeness (QED) is 0.599. The number of rotatable bonds is 6. The molecule has 0 spiro atoms. The average molecular weight is 396 g/mol. The molecule has 0 radical (unpaired) electrons. The van der Waals surface area contributed by atoms with Crippen molar-refractivity contribution in [2.24, 2.45) is 0 Å². The summed E-state index contributed by atoms with van der Waals surface area (Å²) in [6, 6.07) is 21.3. The molecule has 0 aliphatic heterocycles. The highest BCUT2D eigenvalue weighted by molar-refractivity contribution is 6.33. The standard InChI is InChI=1S/C22H18ClNO4/c1-27-22(26)19-13-17(10-11-20(19)23)24-21(25)16-8-5-9-18(12-16)28-14-15-6-3-2-4-7-15/h2-13H,14H2,1H3,(H,24,25). The molecule has 0 fully saturated rings. The van der Waals surface area contributed by atoms with Gasteiger partial charge >= 0.3 is 5.97 Å². The third kappa shape index (κ3) is 4.90. The predicted molar refractivity (Wildman–Crippen MR) is 108 cm³/mol. The smallest absolute Gasteiger partial charge is 0.339 e. The molecule has 0 aromatic heterocycles.